The van der Waals surface area contributed by atoms with E-state index < -0.39 is 22.9 Å². The Morgan fingerprint density at radius 3 is 2.68 bits per heavy atom. The van der Waals surface area contributed by atoms with E-state index in [1.807, 2.05) is 19.1 Å². The molecule has 1 N–H and O–H groups in total. The zero-order chi connectivity index (χ0) is 18.1. The number of ether oxygens (including phenoxy) is 1. The number of esters is 1. The third-order valence-electron chi connectivity index (χ3n) is 4.11. The lowest BCUT2D eigenvalue weighted by Gasteiger charge is -2.24. The maximum atomic E-state index is 12.5. The number of nitro groups is 1. The number of hydrogen-bond acceptors (Lipinski definition) is 5. The van der Waals surface area contributed by atoms with Crippen molar-refractivity contribution in [3.63, 3.8) is 0 Å². The molecule has 0 aliphatic carbocycles. The van der Waals surface area contributed by atoms with Crippen LogP contribution in [-0.2, 0) is 16.0 Å². The molecule has 7 heteroatoms. The Labute approximate surface area is 143 Å². The van der Waals surface area contributed by atoms with Crippen molar-refractivity contribution in [1.29, 1.82) is 0 Å². The van der Waals surface area contributed by atoms with Gasteiger partial charge in [-0.3, -0.25) is 14.9 Å². The number of aryl methyl sites for hydroxylation is 2. The van der Waals surface area contributed by atoms with Crippen molar-refractivity contribution in [2.75, 3.05) is 5.32 Å². The van der Waals surface area contributed by atoms with Crippen LogP contribution in [0, 0.1) is 24.0 Å². The molecule has 1 aliphatic rings. The fourth-order valence-corrected chi connectivity index (χ4v) is 2.79. The van der Waals surface area contributed by atoms with Gasteiger partial charge in [0.15, 0.2) is 6.10 Å². The number of hydrogen-bond donors (Lipinski definition) is 1. The number of fused-ring (bicyclic) bond motifs is 1. The molecule has 2 aromatic carbocycles. The van der Waals surface area contributed by atoms with Crippen LogP contribution in [0.25, 0.3) is 0 Å². The maximum Gasteiger partial charge on any atom is 0.339 e. The lowest BCUT2D eigenvalue weighted by molar-refractivity contribution is -0.384. The second kappa shape index (κ2) is 6.35. The van der Waals surface area contributed by atoms with Crippen LogP contribution in [0.5, 0.6) is 0 Å². The highest BCUT2D eigenvalue weighted by atomic mass is 16.6. The van der Waals surface area contributed by atoms with E-state index in [0.29, 0.717) is 23.2 Å². The molecule has 128 valence electrons. The summed E-state index contributed by atoms with van der Waals surface area (Å²) in [4.78, 5) is 34.8. The number of rotatable bonds is 3. The molecule has 1 unspecified atom stereocenters. The Morgan fingerprint density at radius 2 is 2.00 bits per heavy atom. The molecule has 1 aliphatic heterocycles. The summed E-state index contributed by atoms with van der Waals surface area (Å²) in [6.45, 7) is 3.57. The van der Waals surface area contributed by atoms with Gasteiger partial charge in [-0.1, -0.05) is 17.7 Å². The number of amides is 1. The first kappa shape index (κ1) is 16.6. The predicted molar refractivity (Wildman–Crippen MR) is 90.5 cm³/mol. The number of nitrogens with one attached hydrogen (secondary N) is 1. The zero-order valence-corrected chi connectivity index (χ0v) is 13.7. The first-order valence-corrected chi connectivity index (χ1v) is 7.71. The van der Waals surface area contributed by atoms with Crippen molar-refractivity contribution >= 4 is 23.3 Å². The van der Waals surface area contributed by atoms with Gasteiger partial charge in [-0.2, -0.15) is 0 Å². The number of non-ortho nitro benzene ring substituents is 1. The summed E-state index contributed by atoms with van der Waals surface area (Å²) >= 11 is 0. The van der Waals surface area contributed by atoms with Gasteiger partial charge in [-0.15, -0.1) is 0 Å². The van der Waals surface area contributed by atoms with Crippen LogP contribution in [0.4, 0.5) is 11.4 Å². The van der Waals surface area contributed by atoms with Crippen molar-refractivity contribution in [2.24, 2.45) is 0 Å². The van der Waals surface area contributed by atoms with Crippen LogP contribution in [0.1, 0.15) is 27.0 Å². The van der Waals surface area contributed by atoms with Crippen molar-refractivity contribution in [2.45, 2.75) is 26.4 Å². The molecular formula is C18H16N2O5. The molecule has 25 heavy (non-hydrogen) atoms. The molecule has 0 aromatic heterocycles. The van der Waals surface area contributed by atoms with E-state index in [1.165, 1.54) is 18.2 Å². The molecule has 0 radical (unpaired) electrons. The number of nitro benzene ring substituents is 1. The highest BCUT2D eigenvalue weighted by Gasteiger charge is 2.31. The largest absolute Gasteiger partial charge is 0.448 e. The quantitative estimate of drug-likeness (QED) is 0.526. The van der Waals surface area contributed by atoms with Crippen molar-refractivity contribution in [3.8, 4) is 0 Å². The molecule has 0 fully saturated rings. The summed E-state index contributed by atoms with van der Waals surface area (Å²) in [6, 6.07) is 9.54. The standard InChI is InChI=1S/C18H16N2O5/c1-10-3-5-14-12(7-10)9-16(25-18(14)22)17(21)19-15-6-4-13(20(23)24)8-11(15)2/h3-8,16H,9H2,1-2H3,(H,19,21). The minimum Gasteiger partial charge on any atom is -0.448 e. The average molecular weight is 340 g/mol. The van der Waals surface area contributed by atoms with E-state index in [-0.39, 0.29) is 5.69 Å². The fourth-order valence-electron chi connectivity index (χ4n) is 2.79. The summed E-state index contributed by atoms with van der Waals surface area (Å²) in [7, 11) is 0. The molecule has 0 saturated heterocycles. The van der Waals surface area contributed by atoms with Gasteiger partial charge in [0.1, 0.15) is 0 Å². The summed E-state index contributed by atoms with van der Waals surface area (Å²) in [5.74, 6) is -0.987. The smallest absolute Gasteiger partial charge is 0.339 e. The molecular weight excluding hydrogens is 324 g/mol. The number of cyclic esters (lactones) is 1. The van der Waals surface area contributed by atoms with Crippen LogP contribution in [0.15, 0.2) is 36.4 Å². The second-order valence-electron chi connectivity index (χ2n) is 6.00. The molecule has 1 amide bonds. The van der Waals surface area contributed by atoms with Gasteiger partial charge in [0.2, 0.25) is 0 Å². The first-order chi connectivity index (χ1) is 11.8. The van der Waals surface area contributed by atoms with Crippen molar-refractivity contribution < 1.29 is 19.2 Å². The van der Waals surface area contributed by atoms with E-state index in [4.69, 9.17) is 4.74 Å². The summed E-state index contributed by atoms with van der Waals surface area (Å²) in [5.41, 5.74) is 3.20. The number of nitrogens with zero attached hydrogens (tertiary/aromatic N) is 1. The third kappa shape index (κ3) is 3.35. The molecule has 1 heterocycles. The van der Waals surface area contributed by atoms with Crippen LogP contribution in [0.3, 0.4) is 0 Å². The SMILES string of the molecule is Cc1ccc2c(c1)CC(C(=O)Nc1ccc([N+](=O)[O-])cc1C)OC2=O. The first-order valence-electron chi connectivity index (χ1n) is 7.71. The number of carbonyl (C=O) groups is 2. The molecule has 0 bridgehead atoms. The Bertz CT molecular complexity index is 891. The molecule has 7 nitrogen and oxygen atoms in total. The zero-order valence-electron chi connectivity index (χ0n) is 13.7. The normalized spacial score (nSPS) is 15.9. The van der Waals surface area contributed by atoms with Gasteiger partial charge in [0.05, 0.1) is 10.5 Å². The summed E-state index contributed by atoms with van der Waals surface area (Å²) < 4.78 is 5.23. The molecule has 0 spiro atoms. The average Bonchev–Trinajstić information content (AvgIpc) is 2.55. The van der Waals surface area contributed by atoms with Crippen molar-refractivity contribution in [1.82, 2.24) is 0 Å². The van der Waals surface area contributed by atoms with E-state index in [1.54, 1.807) is 13.0 Å². The van der Waals surface area contributed by atoms with Gasteiger partial charge >= 0.3 is 5.97 Å². The summed E-state index contributed by atoms with van der Waals surface area (Å²) in [6.07, 6.45) is -0.642. The minimum atomic E-state index is -0.934. The topological polar surface area (TPSA) is 98.5 Å². The lowest BCUT2D eigenvalue weighted by atomic mass is 9.96. The van der Waals surface area contributed by atoms with Crippen LogP contribution < -0.4 is 5.32 Å². The molecule has 2 aromatic rings. The Balaban J connectivity index is 1.78. The Hall–Kier alpha value is -3.22. The van der Waals surface area contributed by atoms with E-state index >= 15 is 0 Å². The molecule has 3 rings (SSSR count). The summed E-state index contributed by atoms with van der Waals surface area (Å²) in [5, 5.41) is 13.4. The van der Waals surface area contributed by atoms with Gasteiger partial charge < -0.3 is 10.1 Å². The van der Waals surface area contributed by atoms with E-state index in [0.717, 1.165) is 11.1 Å². The van der Waals surface area contributed by atoms with Gasteiger partial charge in [0, 0.05) is 24.2 Å². The third-order valence-corrected chi connectivity index (χ3v) is 4.11. The number of benzene rings is 2. The van der Waals surface area contributed by atoms with Gasteiger partial charge in [0.25, 0.3) is 11.6 Å². The monoisotopic (exact) mass is 340 g/mol. The van der Waals surface area contributed by atoms with Crippen LogP contribution >= 0.6 is 0 Å². The fraction of sp³-hybridized carbons (Fsp3) is 0.222. The Kier molecular flexibility index (Phi) is 4.22. The van der Waals surface area contributed by atoms with E-state index in [9.17, 15) is 19.7 Å². The van der Waals surface area contributed by atoms with Crippen molar-refractivity contribution in [3.05, 3.63) is 68.8 Å². The van der Waals surface area contributed by atoms with Crippen LogP contribution in [0.2, 0.25) is 0 Å². The lowest BCUT2D eigenvalue weighted by Crippen LogP contribution is -2.38. The Morgan fingerprint density at radius 1 is 1.24 bits per heavy atom. The maximum absolute atomic E-state index is 12.5. The predicted octanol–water partition coefficient (Wildman–Crippen LogP) is 2.93. The molecule has 1 atom stereocenters. The minimum absolute atomic E-state index is 0.0519. The van der Waals surface area contributed by atoms with E-state index in [2.05, 4.69) is 5.32 Å². The van der Waals surface area contributed by atoms with Gasteiger partial charge in [-0.05, 0) is 37.1 Å². The second-order valence-corrected chi connectivity index (χ2v) is 6.00. The number of anilines is 1. The number of carbonyl (C=O) groups excluding carboxylic acids is 2. The van der Waals surface area contributed by atoms with Crippen LogP contribution in [-0.4, -0.2) is 22.9 Å². The highest BCUT2D eigenvalue weighted by Crippen LogP contribution is 2.25. The van der Waals surface area contributed by atoms with Gasteiger partial charge in [-0.25, -0.2) is 4.79 Å². The molecule has 0 saturated carbocycles. The highest BCUT2D eigenvalue weighted by molar-refractivity contribution is 6.00.